The average Bonchev–Trinajstić information content (AvgIpc) is 2.30. The number of aliphatic hydroxyl groups is 1. The van der Waals surface area contributed by atoms with Gasteiger partial charge in [0, 0.05) is 11.4 Å². The molecule has 0 heterocycles. The van der Waals surface area contributed by atoms with E-state index in [4.69, 9.17) is 11.6 Å². The maximum Gasteiger partial charge on any atom is 0.0830 e. The van der Waals surface area contributed by atoms with Crippen molar-refractivity contribution in [3.05, 3.63) is 70.7 Å². The van der Waals surface area contributed by atoms with E-state index in [0.29, 0.717) is 11.4 Å². The Kier molecular flexibility index (Phi) is 3.60. The van der Waals surface area contributed by atoms with E-state index in [9.17, 15) is 5.11 Å². The summed E-state index contributed by atoms with van der Waals surface area (Å²) >= 11 is 5.88. The molecule has 0 aliphatic carbocycles. The molecule has 0 spiro atoms. The first-order valence-corrected chi connectivity index (χ1v) is 5.61. The predicted octanol–water partition coefficient (Wildman–Crippen LogP) is 3.62. The first-order valence-electron chi connectivity index (χ1n) is 5.23. The number of halogens is 1. The lowest BCUT2D eigenvalue weighted by Gasteiger charge is -2.11. The minimum atomic E-state index is -0.499. The maximum atomic E-state index is 10.0. The second kappa shape index (κ2) is 5.15. The van der Waals surface area contributed by atoms with Gasteiger partial charge >= 0.3 is 0 Å². The fraction of sp³-hybridized carbons (Fsp3) is 0.143. The molecular weight excluding hydrogens is 220 g/mol. The van der Waals surface area contributed by atoms with Gasteiger partial charge in [-0.25, -0.2) is 0 Å². The summed E-state index contributed by atoms with van der Waals surface area (Å²) in [5.74, 6) is 0. The van der Waals surface area contributed by atoms with E-state index in [0.717, 1.165) is 11.1 Å². The summed E-state index contributed by atoms with van der Waals surface area (Å²) in [4.78, 5) is 0. The van der Waals surface area contributed by atoms with Gasteiger partial charge in [-0.15, -0.1) is 0 Å². The van der Waals surface area contributed by atoms with E-state index >= 15 is 0 Å². The first-order chi connectivity index (χ1) is 7.75. The van der Waals surface area contributed by atoms with Gasteiger partial charge in [-0.05, 0) is 23.3 Å². The topological polar surface area (TPSA) is 20.2 Å². The van der Waals surface area contributed by atoms with Gasteiger partial charge in [0.25, 0.3) is 0 Å². The molecule has 0 aliphatic rings. The number of hydrogen-bond acceptors (Lipinski definition) is 1. The Morgan fingerprint density at radius 3 is 2.44 bits per heavy atom. The Balaban J connectivity index is 2.12. The van der Waals surface area contributed by atoms with Crippen molar-refractivity contribution in [3.63, 3.8) is 0 Å². The molecule has 0 saturated carbocycles. The number of benzene rings is 2. The molecule has 2 aromatic rings. The van der Waals surface area contributed by atoms with Crippen LogP contribution in [-0.2, 0) is 6.42 Å². The molecule has 0 bridgehead atoms. The van der Waals surface area contributed by atoms with Crippen LogP contribution in [0, 0.1) is 0 Å². The Bertz CT molecular complexity index is 453. The fourth-order valence-corrected chi connectivity index (χ4v) is 1.87. The van der Waals surface area contributed by atoms with Crippen LogP contribution in [0.15, 0.2) is 54.6 Å². The van der Waals surface area contributed by atoms with Crippen LogP contribution in [0.2, 0.25) is 5.02 Å². The molecule has 0 saturated heterocycles. The zero-order chi connectivity index (χ0) is 11.4. The minimum Gasteiger partial charge on any atom is -0.388 e. The van der Waals surface area contributed by atoms with E-state index in [2.05, 4.69) is 0 Å². The summed E-state index contributed by atoms with van der Waals surface area (Å²) in [5.41, 5.74) is 1.98. The summed E-state index contributed by atoms with van der Waals surface area (Å²) in [5, 5.41) is 10.7. The van der Waals surface area contributed by atoms with Gasteiger partial charge in [0.1, 0.15) is 0 Å². The molecule has 0 radical (unpaired) electrons. The average molecular weight is 233 g/mol. The standard InChI is InChI=1S/C14H13ClO/c15-13-8-4-7-12(10-13)14(16)9-11-5-2-1-3-6-11/h1-8,10,14,16H,9H2/t14-/m1/s1. The summed E-state index contributed by atoms with van der Waals surface area (Å²) in [6, 6.07) is 17.3. The van der Waals surface area contributed by atoms with Crippen LogP contribution in [0.5, 0.6) is 0 Å². The molecule has 2 heteroatoms. The second-order valence-corrected chi connectivity index (χ2v) is 4.20. The van der Waals surface area contributed by atoms with Crippen LogP contribution in [0.3, 0.4) is 0 Å². The second-order valence-electron chi connectivity index (χ2n) is 3.76. The summed E-state index contributed by atoms with van der Waals surface area (Å²) in [6.45, 7) is 0. The van der Waals surface area contributed by atoms with Gasteiger partial charge in [0.05, 0.1) is 6.10 Å². The van der Waals surface area contributed by atoms with Crippen molar-refractivity contribution < 1.29 is 5.11 Å². The monoisotopic (exact) mass is 232 g/mol. The molecule has 1 atom stereocenters. The Morgan fingerprint density at radius 1 is 1.00 bits per heavy atom. The lowest BCUT2D eigenvalue weighted by molar-refractivity contribution is 0.178. The zero-order valence-corrected chi connectivity index (χ0v) is 9.56. The third-order valence-corrected chi connectivity index (χ3v) is 2.74. The maximum absolute atomic E-state index is 10.0. The fourth-order valence-electron chi connectivity index (χ4n) is 1.67. The number of aliphatic hydroxyl groups excluding tert-OH is 1. The summed E-state index contributed by atoms with van der Waals surface area (Å²) in [6.07, 6.45) is 0.113. The quantitative estimate of drug-likeness (QED) is 0.857. The van der Waals surface area contributed by atoms with Gasteiger partial charge in [-0.3, -0.25) is 0 Å². The van der Waals surface area contributed by atoms with Crippen LogP contribution < -0.4 is 0 Å². The molecular formula is C14H13ClO. The van der Waals surface area contributed by atoms with Crippen molar-refractivity contribution in [1.29, 1.82) is 0 Å². The molecule has 1 N–H and O–H groups in total. The molecule has 0 unspecified atom stereocenters. The molecule has 0 amide bonds. The summed E-state index contributed by atoms with van der Waals surface area (Å²) < 4.78 is 0. The first kappa shape index (κ1) is 11.2. The highest BCUT2D eigenvalue weighted by Gasteiger charge is 2.08. The smallest absolute Gasteiger partial charge is 0.0830 e. The lowest BCUT2D eigenvalue weighted by atomic mass is 10.0. The van der Waals surface area contributed by atoms with Crippen molar-refractivity contribution in [2.45, 2.75) is 12.5 Å². The normalized spacial score (nSPS) is 12.4. The number of rotatable bonds is 3. The number of hydrogen-bond donors (Lipinski definition) is 1. The highest BCUT2D eigenvalue weighted by molar-refractivity contribution is 6.30. The molecule has 0 aromatic heterocycles. The van der Waals surface area contributed by atoms with E-state index in [-0.39, 0.29) is 0 Å². The van der Waals surface area contributed by atoms with Crippen LogP contribution in [0.1, 0.15) is 17.2 Å². The third kappa shape index (κ3) is 2.84. The molecule has 0 aliphatic heterocycles. The SMILES string of the molecule is O[C@H](Cc1ccccc1)c1cccc(Cl)c1. The van der Waals surface area contributed by atoms with E-state index in [1.807, 2.05) is 42.5 Å². The van der Waals surface area contributed by atoms with Crippen molar-refractivity contribution in [2.75, 3.05) is 0 Å². The van der Waals surface area contributed by atoms with Gasteiger partial charge in [-0.1, -0.05) is 54.1 Å². The minimum absolute atomic E-state index is 0.499. The largest absolute Gasteiger partial charge is 0.388 e. The van der Waals surface area contributed by atoms with Gasteiger partial charge in [0.2, 0.25) is 0 Å². The van der Waals surface area contributed by atoms with Crippen molar-refractivity contribution in [2.24, 2.45) is 0 Å². The molecule has 82 valence electrons. The third-order valence-electron chi connectivity index (χ3n) is 2.51. The highest BCUT2D eigenvalue weighted by Crippen LogP contribution is 2.21. The predicted molar refractivity (Wildman–Crippen MR) is 66.6 cm³/mol. The van der Waals surface area contributed by atoms with Crippen LogP contribution in [-0.4, -0.2) is 5.11 Å². The molecule has 0 fully saturated rings. The van der Waals surface area contributed by atoms with Crippen LogP contribution >= 0.6 is 11.6 Å². The van der Waals surface area contributed by atoms with Gasteiger partial charge in [-0.2, -0.15) is 0 Å². The van der Waals surface area contributed by atoms with Crippen LogP contribution in [0.25, 0.3) is 0 Å². The Hall–Kier alpha value is -1.31. The van der Waals surface area contributed by atoms with E-state index in [1.54, 1.807) is 12.1 Å². The van der Waals surface area contributed by atoms with E-state index < -0.39 is 6.10 Å². The molecule has 1 nitrogen and oxygen atoms in total. The van der Waals surface area contributed by atoms with Crippen molar-refractivity contribution >= 4 is 11.6 Å². The Labute approximate surface area is 100 Å². The van der Waals surface area contributed by atoms with E-state index in [1.165, 1.54) is 0 Å². The van der Waals surface area contributed by atoms with Crippen molar-refractivity contribution in [1.82, 2.24) is 0 Å². The summed E-state index contributed by atoms with van der Waals surface area (Å²) in [7, 11) is 0. The zero-order valence-electron chi connectivity index (χ0n) is 8.81. The molecule has 2 aromatic carbocycles. The lowest BCUT2D eigenvalue weighted by Crippen LogP contribution is -2.01. The van der Waals surface area contributed by atoms with Gasteiger partial charge < -0.3 is 5.11 Å². The molecule has 16 heavy (non-hydrogen) atoms. The Morgan fingerprint density at radius 2 is 1.75 bits per heavy atom. The molecule has 2 rings (SSSR count). The highest BCUT2D eigenvalue weighted by atomic mass is 35.5. The van der Waals surface area contributed by atoms with Crippen LogP contribution in [0.4, 0.5) is 0 Å². The van der Waals surface area contributed by atoms with Crippen molar-refractivity contribution in [3.8, 4) is 0 Å². The van der Waals surface area contributed by atoms with Gasteiger partial charge in [0.15, 0.2) is 0 Å².